The van der Waals surface area contributed by atoms with Crippen molar-refractivity contribution in [2.75, 3.05) is 19.6 Å². The normalized spacial score (nSPS) is 23.2. The molecule has 6 heteroatoms. The molecule has 1 aromatic rings. The van der Waals surface area contributed by atoms with Crippen molar-refractivity contribution in [1.82, 2.24) is 9.80 Å². The lowest BCUT2D eigenvalue weighted by atomic mass is 10.0. The third kappa shape index (κ3) is 3.70. The Morgan fingerprint density at radius 3 is 2.58 bits per heavy atom. The summed E-state index contributed by atoms with van der Waals surface area (Å²) in [6.07, 6.45) is 6.95. The first kappa shape index (κ1) is 16.8. The molecule has 24 heavy (non-hydrogen) atoms. The Hall–Kier alpha value is -2.08. The van der Waals surface area contributed by atoms with Crippen molar-refractivity contribution in [3.8, 4) is 0 Å². The molecule has 1 atom stereocenters. The molecule has 1 unspecified atom stereocenters. The van der Waals surface area contributed by atoms with Crippen LogP contribution < -0.4 is 5.73 Å². The zero-order valence-corrected chi connectivity index (χ0v) is 14.1. The number of furan rings is 1. The van der Waals surface area contributed by atoms with Gasteiger partial charge >= 0.3 is 0 Å². The Labute approximate surface area is 142 Å². The van der Waals surface area contributed by atoms with E-state index >= 15 is 0 Å². The lowest BCUT2D eigenvalue weighted by molar-refractivity contribution is -0.129. The van der Waals surface area contributed by atoms with Crippen LogP contribution in [0.4, 0.5) is 0 Å². The zero-order chi connectivity index (χ0) is 17.1. The van der Waals surface area contributed by atoms with Crippen molar-refractivity contribution in [2.24, 2.45) is 5.73 Å². The minimum Gasteiger partial charge on any atom is -0.462 e. The second-order valence-electron chi connectivity index (χ2n) is 6.64. The van der Waals surface area contributed by atoms with Gasteiger partial charge in [-0.05, 0) is 57.4 Å². The van der Waals surface area contributed by atoms with Crippen LogP contribution in [0.5, 0.6) is 0 Å². The summed E-state index contributed by atoms with van der Waals surface area (Å²) in [5.41, 5.74) is 5.50. The van der Waals surface area contributed by atoms with Crippen molar-refractivity contribution in [1.29, 1.82) is 0 Å². The van der Waals surface area contributed by atoms with Crippen LogP contribution in [-0.4, -0.2) is 53.3 Å². The maximum atomic E-state index is 12.3. The summed E-state index contributed by atoms with van der Waals surface area (Å²) in [6, 6.07) is 3.95. The first-order valence-electron chi connectivity index (χ1n) is 8.63. The maximum Gasteiger partial charge on any atom is 0.246 e. The average Bonchev–Trinajstić information content (AvgIpc) is 3.21. The van der Waals surface area contributed by atoms with Gasteiger partial charge < -0.3 is 15.1 Å². The standard InChI is InChI=1S/C18H25N3O3/c1-13-4-5-15(24-13)6-7-17(22)20-11-8-14(9-12-20)21-10-2-3-16(21)18(19)23/h4-7,14,16H,2-3,8-12H2,1H3,(H2,19,23)/b7-6+. The first-order valence-corrected chi connectivity index (χ1v) is 8.63. The Balaban J connectivity index is 1.52. The van der Waals surface area contributed by atoms with E-state index in [0.29, 0.717) is 24.9 Å². The van der Waals surface area contributed by atoms with Crippen molar-refractivity contribution in [3.05, 3.63) is 29.7 Å². The van der Waals surface area contributed by atoms with Crippen molar-refractivity contribution in [2.45, 2.75) is 44.7 Å². The van der Waals surface area contributed by atoms with Crippen LogP contribution in [0.25, 0.3) is 6.08 Å². The van der Waals surface area contributed by atoms with Crippen LogP contribution in [-0.2, 0) is 9.59 Å². The fourth-order valence-corrected chi connectivity index (χ4v) is 3.75. The van der Waals surface area contributed by atoms with Gasteiger partial charge in [-0.3, -0.25) is 14.5 Å². The summed E-state index contributed by atoms with van der Waals surface area (Å²) < 4.78 is 5.43. The highest BCUT2D eigenvalue weighted by Gasteiger charge is 2.36. The van der Waals surface area contributed by atoms with Gasteiger partial charge in [-0.15, -0.1) is 0 Å². The monoisotopic (exact) mass is 331 g/mol. The third-order valence-corrected chi connectivity index (χ3v) is 5.02. The number of piperidine rings is 1. The molecule has 2 aliphatic heterocycles. The number of aryl methyl sites for hydroxylation is 1. The fourth-order valence-electron chi connectivity index (χ4n) is 3.75. The number of likely N-dealkylation sites (tertiary alicyclic amines) is 2. The third-order valence-electron chi connectivity index (χ3n) is 5.02. The molecule has 0 bridgehead atoms. The van der Waals surface area contributed by atoms with Gasteiger partial charge in [0.1, 0.15) is 11.5 Å². The molecule has 6 nitrogen and oxygen atoms in total. The Morgan fingerprint density at radius 1 is 1.21 bits per heavy atom. The summed E-state index contributed by atoms with van der Waals surface area (Å²) >= 11 is 0. The molecule has 130 valence electrons. The summed E-state index contributed by atoms with van der Waals surface area (Å²) in [5, 5.41) is 0. The number of carbonyl (C=O) groups excluding carboxylic acids is 2. The van der Waals surface area contributed by atoms with E-state index in [-0.39, 0.29) is 17.9 Å². The second kappa shape index (κ2) is 7.21. The number of hydrogen-bond donors (Lipinski definition) is 1. The number of nitrogens with two attached hydrogens (primary N) is 1. The predicted octanol–water partition coefficient (Wildman–Crippen LogP) is 1.54. The number of primary amides is 1. The topological polar surface area (TPSA) is 79.8 Å². The quantitative estimate of drug-likeness (QED) is 0.849. The number of hydrogen-bond acceptors (Lipinski definition) is 4. The summed E-state index contributed by atoms with van der Waals surface area (Å²) in [7, 11) is 0. The van der Waals surface area contributed by atoms with Gasteiger partial charge in [0.2, 0.25) is 11.8 Å². The lowest BCUT2D eigenvalue weighted by Gasteiger charge is -2.38. The Morgan fingerprint density at radius 2 is 1.96 bits per heavy atom. The number of rotatable bonds is 4. The SMILES string of the molecule is Cc1ccc(/C=C/C(=O)N2CCC(N3CCCC3C(N)=O)CC2)o1. The van der Waals surface area contributed by atoms with Gasteiger partial charge in [-0.25, -0.2) is 0 Å². The Bertz CT molecular complexity index is 629. The van der Waals surface area contributed by atoms with Crippen molar-refractivity contribution >= 4 is 17.9 Å². The smallest absolute Gasteiger partial charge is 0.246 e. The summed E-state index contributed by atoms with van der Waals surface area (Å²) in [6.45, 7) is 4.24. The highest BCUT2D eigenvalue weighted by atomic mass is 16.3. The van der Waals surface area contributed by atoms with Crippen LogP contribution in [0.3, 0.4) is 0 Å². The van der Waals surface area contributed by atoms with Crippen LogP contribution in [0.15, 0.2) is 22.6 Å². The highest BCUT2D eigenvalue weighted by Crippen LogP contribution is 2.26. The van der Waals surface area contributed by atoms with E-state index in [1.807, 2.05) is 24.0 Å². The van der Waals surface area contributed by atoms with Crippen LogP contribution in [0.2, 0.25) is 0 Å². The molecule has 2 saturated heterocycles. The van der Waals surface area contributed by atoms with Gasteiger partial charge in [0, 0.05) is 25.2 Å². The van der Waals surface area contributed by atoms with Crippen molar-refractivity contribution in [3.63, 3.8) is 0 Å². The molecular weight excluding hydrogens is 306 g/mol. The summed E-state index contributed by atoms with van der Waals surface area (Å²) in [4.78, 5) is 27.9. The minimum atomic E-state index is -0.220. The zero-order valence-electron chi connectivity index (χ0n) is 14.1. The lowest BCUT2D eigenvalue weighted by Crippen LogP contribution is -2.51. The predicted molar refractivity (Wildman–Crippen MR) is 91.0 cm³/mol. The molecule has 0 aliphatic carbocycles. The molecule has 3 rings (SSSR count). The van der Waals surface area contributed by atoms with Crippen molar-refractivity contribution < 1.29 is 14.0 Å². The Kier molecular flexibility index (Phi) is 5.04. The molecule has 0 aromatic carbocycles. The van der Waals surface area contributed by atoms with E-state index in [1.54, 1.807) is 12.2 Å². The van der Waals surface area contributed by atoms with Crippen LogP contribution in [0.1, 0.15) is 37.2 Å². The van der Waals surface area contributed by atoms with Crippen LogP contribution >= 0.6 is 0 Å². The van der Waals surface area contributed by atoms with E-state index in [1.165, 1.54) is 0 Å². The second-order valence-corrected chi connectivity index (χ2v) is 6.64. The molecular formula is C18H25N3O3. The molecule has 0 spiro atoms. The van der Waals surface area contributed by atoms with Gasteiger partial charge in [0.05, 0.1) is 6.04 Å². The van der Waals surface area contributed by atoms with Crippen LogP contribution in [0, 0.1) is 6.92 Å². The molecule has 2 aliphatic rings. The van der Waals surface area contributed by atoms with Gasteiger partial charge in [0.15, 0.2) is 0 Å². The molecule has 1 aromatic heterocycles. The van der Waals surface area contributed by atoms with E-state index < -0.39 is 0 Å². The van der Waals surface area contributed by atoms with E-state index in [9.17, 15) is 9.59 Å². The fraction of sp³-hybridized carbons (Fsp3) is 0.556. The molecule has 2 amide bonds. The maximum absolute atomic E-state index is 12.3. The summed E-state index contributed by atoms with van der Waals surface area (Å²) in [5.74, 6) is 1.31. The average molecular weight is 331 g/mol. The number of nitrogens with zero attached hydrogens (tertiary/aromatic N) is 2. The van der Waals surface area contributed by atoms with Gasteiger partial charge in [-0.1, -0.05) is 0 Å². The molecule has 3 heterocycles. The largest absolute Gasteiger partial charge is 0.462 e. The van der Waals surface area contributed by atoms with E-state index in [4.69, 9.17) is 10.2 Å². The van der Waals surface area contributed by atoms with E-state index in [2.05, 4.69) is 4.90 Å². The number of amides is 2. The molecule has 2 fully saturated rings. The molecule has 2 N–H and O–H groups in total. The highest BCUT2D eigenvalue weighted by molar-refractivity contribution is 5.91. The first-order chi connectivity index (χ1) is 11.5. The molecule has 0 saturated carbocycles. The molecule has 0 radical (unpaired) electrons. The van der Waals surface area contributed by atoms with Gasteiger partial charge in [-0.2, -0.15) is 0 Å². The minimum absolute atomic E-state index is 0.00961. The van der Waals surface area contributed by atoms with Gasteiger partial charge in [0.25, 0.3) is 0 Å². The number of carbonyl (C=O) groups is 2. The van der Waals surface area contributed by atoms with E-state index in [0.717, 1.165) is 38.0 Å².